The molecule has 2 heterocycles. The van der Waals surface area contributed by atoms with Crippen LogP contribution in [0.4, 0.5) is 10.3 Å². The normalized spacial score (nSPS) is 15.0. The lowest BCUT2D eigenvalue weighted by Gasteiger charge is -2.27. The minimum atomic E-state index is -0.262. The molecule has 1 fully saturated rings. The number of halogens is 1. The van der Waals surface area contributed by atoms with E-state index in [4.69, 9.17) is 15.0 Å². The van der Waals surface area contributed by atoms with Gasteiger partial charge in [0.25, 0.3) is 5.88 Å². The Kier molecular flexibility index (Phi) is 5.34. The van der Waals surface area contributed by atoms with Crippen LogP contribution < -0.4 is 5.73 Å². The van der Waals surface area contributed by atoms with Gasteiger partial charge in [-0.15, -0.1) is 0 Å². The van der Waals surface area contributed by atoms with Gasteiger partial charge in [-0.3, -0.25) is 0 Å². The molecule has 1 aliphatic rings. The Morgan fingerprint density at radius 2 is 1.89 bits per heavy atom. The smallest absolute Gasteiger partial charge is 0.253 e. The summed E-state index contributed by atoms with van der Waals surface area (Å²) >= 11 is 0. The van der Waals surface area contributed by atoms with Crippen molar-refractivity contribution in [1.29, 1.82) is 0 Å². The lowest BCUT2D eigenvalue weighted by molar-refractivity contribution is 0.0675. The largest absolute Gasteiger partial charge is 0.378 e. The Morgan fingerprint density at radius 3 is 2.64 bits per heavy atom. The summed E-state index contributed by atoms with van der Waals surface area (Å²) in [7, 11) is 0. The molecule has 3 aromatic rings. The predicted molar refractivity (Wildman–Crippen MR) is 105 cm³/mol. The summed E-state index contributed by atoms with van der Waals surface area (Å²) in [6.45, 7) is 2.65. The lowest BCUT2D eigenvalue weighted by Crippen LogP contribution is -2.44. The molecule has 28 heavy (non-hydrogen) atoms. The monoisotopic (exact) mass is 380 g/mol. The van der Waals surface area contributed by atoms with Gasteiger partial charge in [-0.2, -0.15) is 4.99 Å². The van der Waals surface area contributed by atoms with Crippen molar-refractivity contribution in [3.05, 3.63) is 71.7 Å². The molecule has 0 unspecified atom stereocenters. The fourth-order valence-electron chi connectivity index (χ4n) is 3.14. The van der Waals surface area contributed by atoms with Gasteiger partial charge in [0.15, 0.2) is 5.96 Å². The Morgan fingerprint density at radius 1 is 1.11 bits per heavy atom. The van der Waals surface area contributed by atoms with Crippen molar-refractivity contribution in [3.63, 3.8) is 0 Å². The van der Waals surface area contributed by atoms with Crippen LogP contribution in [0.1, 0.15) is 11.3 Å². The Labute approximate surface area is 162 Å². The molecule has 1 saturated heterocycles. The number of rotatable bonds is 4. The molecular weight excluding hydrogens is 359 g/mol. The van der Waals surface area contributed by atoms with Gasteiger partial charge < -0.3 is 19.9 Å². The molecular formula is C21H21FN4O2. The third-order valence-electron chi connectivity index (χ3n) is 4.61. The number of ether oxygens (including phenoxy) is 1. The molecule has 2 N–H and O–H groups in total. The van der Waals surface area contributed by atoms with Crippen LogP contribution >= 0.6 is 0 Å². The Hall–Kier alpha value is -3.19. The standard InChI is InChI=1S/C21H21FN4O2/c22-19-13-15(6-7-18(19)16-4-2-1-3-5-16)12-17-14-20(28-25-17)24-21(23)26-8-10-27-11-9-26/h1-7,13-14H,8-12H2,(H2,23,24). The Balaban J connectivity index is 1.46. The third-order valence-corrected chi connectivity index (χ3v) is 4.61. The molecule has 4 rings (SSSR count). The van der Waals surface area contributed by atoms with Gasteiger partial charge in [0.2, 0.25) is 0 Å². The topological polar surface area (TPSA) is 76.9 Å². The number of nitrogens with two attached hydrogens (primary N) is 1. The molecule has 0 atom stereocenters. The molecule has 0 spiro atoms. The zero-order chi connectivity index (χ0) is 19.3. The number of hydrogen-bond donors (Lipinski definition) is 1. The minimum Gasteiger partial charge on any atom is -0.378 e. The van der Waals surface area contributed by atoms with E-state index in [0.717, 1.165) is 11.1 Å². The maximum atomic E-state index is 14.5. The van der Waals surface area contributed by atoms with E-state index in [2.05, 4.69) is 10.1 Å². The van der Waals surface area contributed by atoms with E-state index >= 15 is 0 Å². The Bertz CT molecular complexity index is 966. The SMILES string of the molecule is N/C(=N/c1cc(Cc2ccc(-c3ccccc3)c(F)c2)no1)N1CCOCC1. The number of nitrogens with zero attached hydrogens (tertiary/aromatic N) is 3. The highest BCUT2D eigenvalue weighted by Crippen LogP contribution is 2.25. The van der Waals surface area contributed by atoms with Gasteiger partial charge >= 0.3 is 0 Å². The van der Waals surface area contributed by atoms with Gasteiger partial charge in [-0.05, 0) is 17.2 Å². The van der Waals surface area contributed by atoms with Crippen molar-refractivity contribution in [3.8, 4) is 11.1 Å². The van der Waals surface area contributed by atoms with Crippen LogP contribution in [0.25, 0.3) is 11.1 Å². The number of hydrogen-bond acceptors (Lipinski definition) is 4. The van der Waals surface area contributed by atoms with E-state index < -0.39 is 0 Å². The van der Waals surface area contributed by atoms with Crippen LogP contribution in [0.15, 0.2) is 64.1 Å². The van der Waals surface area contributed by atoms with Crippen molar-refractivity contribution in [2.75, 3.05) is 26.3 Å². The van der Waals surface area contributed by atoms with Gasteiger partial charge in [0.05, 0.1) is 18.9 Å². The zero-order valence-corrected chi connectivity index (χ0v) is 15.3. The second kappa shape index (κ2) is 8.22. The zero-order valence-electron chi connectivity index (χ0n) is 15.3. The number of aromatic nitrogens is 1. The second-order valence-corrected chi connectivity index (χ2v) is 6.58. The van der Waals surface area contributed by atoms with Crippen LogP contribution in [0.3, 0.4) is 0 Å². The summed E-state index contributed by atoms with van der Waals surface area (Å²) in [5.74, 6) is 0.451. The van der Waals surface area contributed by atoms with Crippen LogP contribution in [-0.4, -0.2) is 42.3 Å². The van der Waals surface area contributed by atoms with Crippen molar-refractivity contribution in [2.45, 2.75) is 6.42 Å². The van der Waals surface area contributed by atoms with Crippen LogP contribution in [0, 0.1) is 5.82 Å². The first kappa shape index (κ1) is 18.2. The first-order chi connectivity index (χ1) is 13.7. The highest BCUT2D eigenvalue weighted by molar-refractivity contribution is 5.80. The second-order valence-electron chi connectivity index (χ2n) is 6.58. The van der Waals surface area contributed by atoms with E-state index in [1.54, 1.807) is 12.1 Å². The third kappa shape index (κ3) is 4.20. The summed E-state index contributed by atoms with van der Waals surface area (Å²) in [6.07, 6.45) is 0.447. The minimum absolute atomic E-state index is 0.262. The summed E-state index contributed by atoms with van der Waals surface area (Å²) in [4.78, 5) is 6.21. The van der Waals surface area contributed by atoms with Crippen molar-refractivity contribution in [1.82, 2.24) is 10.1 Å². The van der Waals surface area contributed by atoms with E-state index in [1.807, 2.05) is 41.3 Å². The number of guanidine groups is 1. The summed E-state index contributed by atoms with van der Waals surface area (Å²) < 4.78 is 25.1. The average Bonchev–Trinajstić information content (AvgIpc) is 3.16. The lowest BCUT2D eigenvalue weighted by atomic mass is 10.0. The van der Waals surface area contributed by atoms with Gasteiger partial charge in [0.1, 0.15) is 5.82 Å². The molecule has 7 heteroatoms. The molecule has 6 nitrogen and oxygen atoms in total. The molecule has 0 bridgehead atoms. The highest BCUT2D eigenvalue weighted by Gasteiger charge is 2.14. The highest BCUT2D eigenvalue weighted by atomic mass is 19.1. The summed E-state index contributed by atoms with van der Waals surface area (Å²) in [5.41, 5.74) is 8.92. The number of benzene rings is 2. The van der Waals surface area contributed by atoms with E-state index in [9.17, 15) is 4.39 Å². The molecule has 0 amide bonds. The predicted octanol–water partition coefficient (Wildman–Crippen LogP) is 3.35. The molecule has 2 aromatic carbocycles. The molecule has 1 aliphatic heterocycles. The van der Waals surface area contributed by atoms with Crippen LogP contribution in [0.5, 0.6) is 0 Å². The van der Waals surface area contributed by atoms with Crippen molar-refractivity contribution < 1.29 is 13.7 Å². The van der Waals surface area contributed by atoms with E-state index in [-0.39, 0.29) is 5.82 Å². The average molecular weight is 380 g/mol. The first-order valence-corrected chi connectivity index (χ1v) is 9.15. The van der Waals surface area contributed by atoms with E-state index in [0.29, 0.717) is 55.8 Å². The molecule has 1 aromatic heterocycles. The molecule has 144 valence electrons. The van der Waals surface area contributed by atoms with Gasteiger partial charge in [-0.1, -0.05) is 47.6 Å². The first-order valence-electron chi connectivity index (χ1n) is 9.15. The summed E-state index contributed by atoms with van der Waals surface area (Å²) in [5, 5.41) is 4.02. The summed E-state index contributed by atoms with van der Waals surface area (Å²) in [6, 6.07) is 16.4. The molecule has 0 radical (unpaired) electrons. The van der Waals surface area contributed by atoms with Crippen LogP contribution in [-0.2, 0) is 11.2 Å². The van der Waals surface area contributed by atoms with Crippen molar-refractivity contribution in [2.24, 2.45) is 10.7 Å². The quantitative estimate of drug-likeness (QED) is 0.555. The fourth-order valence-corrected chi connectivity index (χ4v) is 3.14. The molecule has 0 aliphatic carbocycles. The molecule has 0 saturated carbocycles. The van der Waals surface area contributed by atoms with Crippen LogP contribution in [0.2, 0.25) is 0 Å². The fraction of sp³-hybridized carbons (Fsp3) is 0.238. The van der Waals surface area contributed by atoms with Gasteiger partial charge in [-0.25, -0.2) is 4.39 Å². The van der Waals surface area contributed by atoms with Gasteiger partial charge in [0, 0.05) is 31.1 Å². The maximum absolute atomic E-state index is 14.5. The number of aliphatic imine (C=N–C) groups is 1. The van der Waals surface area contributed by atoms with Crippen molar-refractivity contribution >= 4 is 11.8 Å². The van der Waals surface area contributed by atoms with E-state index in [1.165, 1.54) is 6.07 Å². The maximum Gasteiger partial charge on any atom is 0.253 e. The number of morpholine rings is 1.